The Labute approximate surface area is 166 Å². The van der Waals surface area contributed by atoms with Gasteiger partial charge in [-0.25, -0.2) is 0 Å². The summed E-state index contributed by atoms with van der Waals surface area (Å²) in [7, 11) is 0. The van der Waals surface area contributed by atoms with E-state index in [0.717, 1.165) is 25.3 Å². The van der Waals surface area contributed by atoms with Crippen molar-refractivity contribution in [1.82, 2.24) is 14.7 Å². The molecule has 0 unspecified atom stereocenters. The van der Waals surface area contributed by atoms with Crippen LogP contribution in [0.25, 0.3) is 0 Å². The van der Waals surface area contributed by atoms with Gasteiger partial charge in [-0.2, -0.15) is 5.10 Å². The Bertz CT molecular complexity index is 529. The first-order valence-electron chi connectivity index (χ1n) is 11.3. The number of piperidine rings is 1. The Kier molecular flexibility index (Phi) is 10.1. The number of hydrogen-bond donors (Lipinski definition) is 0. The second kappa shape index (κ2) is 12.3. The molecule has 0 saturated carbocycles. The highest BCUT2D eigenvalue weighted by Gasteiger charge is 2.19. The van der Waals surface area contributed by atoms with Gasteiger partial charge in [0.25, 0.3) is 0 Å². The zero-order valence-electron chi connectivity index (χ0n) is 18.0. The molecule has 1 aromatic heterocycles. The van der Waals surface area contributed by atoms with Gasteiger partial charge in [0.05, 0.1) is 6.20 Å². The highest BCUT2D eigenvalue weighted by atomic mass is 16.1. The van der Waals surface area contributed by atoms with E-state index >= 15 is 0 Å². The van der Waals surface area contributed by atoms with Gasteiger partial charge in [0.2, 0.25) is 0 Å². The Morgan fingerprint density at radius 3 is 2.30 bits per heavy atom. The zero-order valence-corrected chi connectivity index (χ0v) is 18.0. The molecule has 154 valence electrons. The van der Waals surface area contributed by atoms with Gasteiger partial charge in [0.1, 0.15) is 5.78 Å². The summed E-state index contributed by atoms with van der Waals surface area (Å²) >= 11 is 0. The number of unbranched alkanes of at least 4 members (excludes halogenated alkanes) is 6. The summed E-state index contributed by atoms with van der Waals surface area (Å²) in [4.78, 5) is 13.6. The Hall–Kier alpha value is -1.16. The molecular formula is C23H41N3O. The zero-order chi connectivity index (χ0) is 19.5. The van der Waals surface area contributed by atoms with Crippen LogP contribution in [0.1, 0.15) is 96.5 Å². The van der Waals surface area contributed by atoms with Crippen LogP contribution in [0.5, 0.6) is 0 Å². The third kappa shape index (κ3) is 9.05. The van der Waals surface area contributed by atoms with Crippen molar-refractivity contribution < 1.29 is 4.79 Å². The number of hydrogen-bond acceptors (Lipinski definition) is 3. The van der Waals surface area contributed by atoms with Crippen molar-refractivity contribution >= 4 is 5.78 Å². The lowest BCUT2D eigenvalue weighted by molar-refractivity contribution is -0.117. The molecule has 27 heavy (non-hydrogen) atoms. The lowest BCUT2D eigenvalue weighted by atomic mass is 9.96. The number of carbonyl (C=O) groups is 1. The molecule has 4 nitrogen and oxygen atoms in total. The smallest absolute Gasteiger partial charge is 0.129 e. The lowest BCUT2D eigenvalue weighted by Gasteiger charge is -2.31. The number of aromatic nitrogens is 2. The summed E-state index contributed by atoms with van der Waals surface area (Å²) in [5.74, 6) is 1.70. The first kappa shape index (κ1) is 22.1. The van der Waals surface area contributed by atoms with Gasteiger partial charge < -0.3 is 9.69 Å². The summed E-state index contributed by atoms with van der Waals surface area (Å²) in [5, 5.41) is 4.54. The monoisotopic (exact) mass is 375 g/mol. The highest BCUT2D eigenvalue weighted by molar-refractivity contribution is 5.75. The van der Waals surface area contributed by atoms with Gasteiger partial charge in [0.15, 0.2) is 0 Å². The van der Waals surface area contributed by atoms with Crippen LogP contribution in [0.2, 0.25) is 0 Å². The van der Waals surface area contributed by atoms with Crippen LogP contribution < -0.4 is 0 Å². The minimum atomic E-state index is 0.337. The molecule has 1 saturated heterocycles. The predicted octanol–water partition coefficient (Wildman–Crippen LogP) is 5.43. The van der Waals surface area contributed by atoms with Crippen LogP contribution in [0.3, 0.4) is 0 Å². The molecule has 2 rings (SSSR count). The average molecular weight is 376 g/mol. The SMILES string of the molecule is CC(=O)CCCCCCCCCN1CCC(Cn2cc(C(C)C)cn2)CC1. The van der Waals surface area contributed by atoms with Gasteiger partial charge >= 0.3 is 0 Å². The fourth-order valence-corrected chi connectivity index (χ4v) is 4.03. The molecule has 1 aromatic rings. The van der Waals surface area contributed by atoms with Crippen molar-refractivity contribution in [3.8, 4) is 0 Å². The second-order valence-electron chi connectivity index (χ2n) is 8.86. The molecule has 0 amide bonds. The number of likely N-dealkylation sites (tertiary alicyclic amines) is 1. The first-order valence-corrected chi connectivity index (χ1v) is 11.3. The number of carbonyl (C=O) groups excluding carboxylic acids is 1. The normalized spacial score (nSPS) is 16.3. The van der Waals surface area contributed by atoms with Crippen LogP contribution in [-0.4, -0.2) is 40.1 Å². The average Bonchev–Trinajstić information content (AvgIpc) is 3.10. The van der Waals surface area contributed by atoms with Crippen LogP contribution in [0.4, 0.5) is 0 Å². The number of ketones is 1. The van der Waals surface area contributed by atoms with E-state index in [1.807, 2.05) is 6.20 Å². The number of Topliss-reactive ketones (excluding diaryl/α,β-unsaturated/α-hetero) is 1. The Balaban J connectivity index is 1.47. The summed E-state index contributed by atoms with van der Waals surface area (Å²) in [6, 6.07) is 0. The third-order valence-corrected chi connectivity index (χ3v) is 5.98. The van der Waals surface area contributed by atoms with Gasteiger partial charge in [-0.15, -0.1) is 0 Å². The highest BCUT2D eigenvalue weighted by Crippen LogP contribution is 2.21. The fraction of sp³-hybridized carbons (Fsp3) is 0.826. The molecule has 0 spiro atoms. The molecule has 2 heterocycles. The van der Waals surface area contributed by atoms with Crippen molar-refractivity contribution in [1.29, 1.82) is 0 Å². The van der Waals surface area contributed by atoms with Gasteiger partial charge in [0, 0.05) is 19.2 Å². The molecule has 1 aliphatic rings. The van der Waals surface area contributed by atoms with E-state index in [4.69, 9.17) is 0 Å². The third-order valence-electron chi connectivity index (χ3n) is 5.98. The summed E-state index contributed by atoms with van der Waals surface area (Å²) in [6.07, 6.45) is 16.7. The van der Waals surface area contributed by atoms with E-state index in [-0.39, 0.29) is 0 Å². The van der Waals surface area contributed by atoms with E-state index in [1.54, 1.807) is 6.92 Å². The minimum Gasteiger partial charge on any atom is -0.303 e. The molecule has 0 atom stereocenters. The quantitative estimate of drug-likeness (QED) is 0.432. The maximum atomic E-state index is 10.9. The summed E-state index contributed by atoms with van der Waals surface area (Å²) in [5.41, 5.74) is 1.35. The first-order chi connectivity index (χ1) is 13.0. The molecule has 0 radical (unpaired) electrons. The molecule has 1 fully saturated rings. The molecular weight excluding hydrogens is 334 g/mol. The standard InChI is InChI=1S/C23H41N3O/c1-20(2)23-17-24-26(19-23)18-22-12-15-25(16-13-22)14-10-8-6-4-5-7-9-11-21(3)27/h17,19-20,22H,4-16,18H2,1-3H3. The summed E-state index contributed by atoms with van der Waals surface area (Å²) < 4.78 is 2.16. The van der Waals surface area contributed by atoms with E-state index in [2.05, 4.69) is 34.7 Å². The second-order valence-corrected chi connectivity index (χ2v) is 8.86. The van der Waals surface area contributed by atoms with Crippen LogP contribution >= 0.6 is 0 Å². The molecule has 1 aliphatic heterocycles. The summed E-state index contributed by atoms with van der Waals surface area (Å²) in [6.45, 7) is 11.0. The Morgan fingerprint density at radius 1 is 1.07 bits per heavy atom. The van der Waals surface area contributed by atoms with Crippen LogP contribution in [-0.2, 0) is 11.3 Å². The Morgan fingerprint density at radius 2 is 1.70 bits per heavy atom. The molecule has 4 heteroatoms. The number of rotatable bonds is 13. The molecule has 0 aliphatic carbocycles. The van der Waals surface area contributed by atoms with Crippen LogP contribution in [0, 0.1) is 5.92 Å². The van der Waals surface area contributed by atoms with E-state index in [0.29, 0.717) is 11.7 Å². The van der Waals surface area contributed by atoms with Gasteiger partial charge in [-0.3, -0.25) is 4.68 Å². The van der Waals surface area contributed by atoms with Crippen molar-refractivity contribution in [3.63, 3.8) is 0 Å². The number of nitrogens with zero attached hydrogens (tertiary/aromatic N) is 3. The predicted molar refractivity (Wildman–Crippen MR) is 113 cm³/mol. The van der Waals surface area contributed by atoms with E-state index < -0.39 is 0 Å². The fourth-order valence-electron chi connectivity index (χ4n) is 4.03. The van der Waals surface area contributed by atoms with Gasteiger partial charge in [-0.1, -0.05) is 46.0 Å². The largest absolute Gasteiger partial charge is 0.303 e. The van der Waals surface area contributed by atoms with E-state index in [9.17, 15) is 4.79 Å². The maximum absolute atomic E-state index is 10.9. The van der Waals surface area contributed by atoms with Crippen molar-refractivity contribution in [2.24, 2.45) is 5.92 Å². The van der Waals surface area contributed by atoms with Crippen LogP contribution in [0.15, 0.2) is 12.4 Å². The molecule has 0 bridgehead atoms. The lowest BCUT2D eigenvalue weighted by Crippen LogP contribution is -2.35. The van der Waals surface area contributed by atoms with Gasteiger partial charge in [-0.05, 0) is 69.6 Å². The van der Waals surface area contributed by atoms with Crippen molar-refractivity contribution in [2.75, 3.05) is 19.6 Å². The van der Waals surface area contributed by atoms with Crippen molar-refractivity contribution in [2.45, 2.75) is 97.4 Å². The topological polar surface area (TPSA) is 38.1 Å². The van der Waals surface area contributed by atoms with Crippen molar-refractivity contribution in [3.05, 3.63) is 18.0 Å². The van der Waals surface area contributed by atoms with E-state index in [1.165, 1.54) is 76.6 Å². The minimum absolute atomic E-state index is 0.337. The maximum Gasteiger partial charge on any atom is 0.129 e. The molecule has 0 N–H and O–H groups in total. The molecule has 0 aromatic carbocycles.